The molecule has 1 aliphatic heterocycles. The van der Waals surface area contributed by atoms with Crippen LogP contribution in [0.15, 0.2) is 42.5 Å². The van der Waals surface area contributed by atoms with Crippen molar-refractivity contribution in [1.29, 1.82) is 0 Å². The molecule has 3 nitrogen and oxygen atoms in total. The maximum atomic E-state index is 5.83. The molecule has 0 spiro atoms. The highest BCUT2D eigenvalue weighted by Gasteiger charge is 2.20. The lowest BCUT2D eigenvalue weighted by molar-refractivity contribution is 0.0605. The molecule has 0 aliphatic carbocycles. The van der Waals surface area contributed by atoms with E-state index < -0.39 is 0 Å². The SMILES string of the molecule is NNC(CC1CCOCC1)c1cccc2ccccc12. The Balaban J connectivity index is 1.86. The van der Waals surface area contributed by atoms with E-state index in [1.165, 1.54) is 16.3 Å². The van der Waals surface area contributed by atoms with E-state index in [0.717, 1.165) is 32.5 Å². The third-order valence-corrected chi connectivity index (χ3v) is 4.31. The molecule has 2 aromatic carbocycles. The summed E-state index contributed by atoms with van der Waals surface area (Å²) < 4.78 is 5.44. The van der Waals surface area contributed by atoms with Crippen molar-refractivity contribution in [2.24, 2.45) is 11.8 Å². The van der Waals surface area contributed by atoms with E-state index >= 15 is 0 Å². The quantitative estimate of drug-likeness (QED) is 0.662. The van der Waals surface area contributed by atoms with E-state index in [4.69, 9.17) is 10.6 Å². The number of hydrogen-bond donors (Lipinski definition) is 2. The maximum Gasteiger partial charge on any atom is 0.0468 e. The van der Waals surface area contributed by atoms with E-state index in [0.29, 0.717) is 5.92 Å². The number of benzene rings is 2. The Bertz CT molecular complexity index is 558. The fourth-order valence-corrected chi connectivity index (χ4v) is 3.15. The number of rotatable bonds is 4. The van der Waals surface area contributed by atoms with Crippen molar-refractivity contribution in [3.8, 4) is 0 Å². The topological polar surface area (TPSA) is 47.3 Å². The lowest BCUT2D eigenvalue weighted by atomic mass is 9.88. The van der Waals surface area contributed by atoms with Gasteiger partial charge >= 0.3 is 0 Å². The number of nitrogens with one attached hydrogen (secondary N) is 1. The van der Waals surface area contributed by atoms with Crippen molar-refractivity contribution in [1.82, 2.24) is 5.43 Å². The van der Waals surface area contributed by atoms with Gasteiger partial charge in [0.05, 0.1) is 0 Å². The summed E-state index contributed by atoms with van der Waals surface area (Å²) in [6.07, 6.45) is 3.36. The van der Waals surface area contributed by atoms with Crippen molar-refractivity contribution < 1.29 is 4.74 Å². The maximum absolute atomic E-state index is 5.83. The summed E-state index contributed by atoms with van der Waals surface area (Å²) in [6, 6.07) is 15.2. The monoisotopic (exact) mass is 270 g/mol. The standard InChI is InChI=1S/C17H22N2O/c18-19-17(12-13-8-10-20-11-9-13)16-7-3-5-14-4-1-2-6-15(14)16/h1-7,13,17,19H,8-12,18H2. The molecule has 0 saturated carbocycles. The van der Waals surface area contributed by atoms with E-state index in [2.05, 4.69) is 47.9 Å². The van der Waals surface area contributed by atoms with Crippen LogP contribution in [0.5, 0.6) is 0 Å². The van der Waals surface area contributed by atoms with Gasteiger partial charge in [0, 0.05) is 19.3 Å². The molecule has 0 amide bonds. The predicted molar refractivity (Wildman–Crippen MR) is 82.2 cm³/mol. The van der Waals surface area contributed by atoms with Crippen molar-refractivity contribution in [3.63, 3.8) is 0 Å². The van der Waals surface area contributed by atoms with Gasteiger partial charge in [-0.05, 0) is 41.5 Å². The van der Waals surface area contributed by atoms with Crippen LogP contribution in [0.3, 0.4) is 0 Å². The zero-order valence-corrected chi connectivity index (χ0v) is 11.7. The van der Waals surface area contributed by atoms with Gasteiger partial charge in [0.2, 0.25) is 0 Å². The Kier molecular flexibility index (Phi) is 4.31. The van der Waals surface area contributed by atoms with Gasteiger partial charge in [0.1, 0.15) is 0 Å². The van der Waals surface area contributed by atoms with Crippen LogP contribution in [-0.4, -0.2) is 13.2 Å². The van der Waals surface area contributed by atoms with E-state index in [1.54, 1.807) is 0 Å². The van der Waals surface area contributed by atoms with E-state index in [1.807, 2.05) is 0 Å². The molecule has 0 radical (unpaired) electrons. The van der Waals surface area contributed by atoms with Crippen molar-refractivity contribution >= 4 is 10.8 Å². The number of nitrogens with two attached hydrogens (primary N) is 1. The number of hydrogen-bond acceptors (Lipinski definition) is 3. The van der Waals surface area contributed by atoms with Crippen molar-refractivity contribution in [2.45, 2.75) is 25.3 Å². The van der Waals surface area contributed by atoms with Crippen LogP contribution >= 0.6 is 0 Å². The Hall–Kier alpha value is -1.42. The smallest absolute Gasteiger partial charge is 0.0468 e. The van der Waals surface area contributed by atoms with Crippen LogP contribution in [0.4, 0.5) is 0 Å². The van der Waals surface area contributed by atoms with Crippen LogP contribution in [0.1, 0.15) is 30.9 Å². The average Bonchev–Trinajstić information content (AvgIpc) is 2.53. The van der Waals surface area contributed by atoms with Crippen LogP contribution in [-0.2, 0) is 4.74 Å². The Morgan fingerprint density at radius 3 is 2.65 bits per heavy atom. The first kappa shape index (κ1) is 13.6. The molecule has 3 heteroatoms. The van der Waals surface area contributed by atoms with Crippen molar-refractivity contribution in [3.05, 3.63) is 48.0 Å². The van der Waals surface area contributed by atoms with Gasteiger partial charge in [0.15, 0.2) is 0 Å². The van der Waals surface area contributed by atoms with E-state index in [-0.39, 0.29) is 6.04 Å². The lowest BCUT2D eigenvalue weighted by Gasteiger charge is -2.27. The molecule has 1 fully saturated rings. The molecule has 0 bridgehead atoms. The summed E-state index contributed by atoms with van der Waals surface area (Å²) in [5.74, 6) is 6.53. The average molecular weight is 270 g/mol. The molecule has 0 aromatic heterocycles. The normalized spacial score (nSPS) is 18.2. The molecular formula is C17H22N2O. The molecule has 106 valence electrons. The number of ether oxygens (including phenoxy) is 1. The first-order valence-electron chi connectivity index (χ1n) is 7.40. The largest absolute Gasteiger partial charge is 0.381 e. The lowest BCUT2D eigenvalue weighted by Crippen LogP contribution is -2.31. The third kappa shape index (κ3) is 2.85. The Morgan fingerprint density at radius 1 is 1.10 bits per heavy atom. The van der Waals surface area contributed by atoms with Gasteiger partial charge in [-0.25, -0.2) is 0 Å². The fraction of sp³-hybridized carbons (Fsp3) is 0.412. The van der Waals surface area contributed by atoms with Gasteiger partial charge < -0.3 is 4.74 Å². The second-order valence-corrected chi connectivity index (χ2v) is 5.58. The van der Waals surface area contributed by atoms with Gasteiger partial charge in [-0.1, -0.05) is 42.5 Å². The van der Waals surface area contributed by atoms with Crippen LogP contribution in [0, 0.1) is 5.92 Å². The molecule has 3 N–H and O–H groups in total. The molecule has 2 aromatic rings. The van der Waals surface area contributed by atoms with Crippen LogP contribution < -0.4 is 11.3 Å². The fourth-order valence-electron chi connectivity index (χ4n) is 3.15. The predicted octanol–water partition coefficient (Wildman–Crippen LogP) is 3.16. The van der Waals surface area contributed by atoms with Gasteiger partial charge in [-0.2, -0.15) is 0 Å². The first-order chi connectivity index (χ1) is 9.88. The van der Waals surface area contributed by atoms with Gasteiger partial charge in [-0.15, -0.1) is 0 Å². The zero-order valence-electron chi connectivity index (χ0n) is 11.7. The molecule has 3 rings (SSSR count). The molecule has 1 aliphatic rings. The minimum atomic E-state index is 0.212. The van der Waals surface area contributed by atoms with E-state index in [9.17, 15) is 0 Å². The van der Waals surface area contributed by atoms with Crippen LogP contribution in [0.2, 0.25) is 0 Å². The minimum Gasteiger partial charge on any atom is -0.381 e. The highest BCUT2D eigenvalue weighted by molar-refractivity contribution is 5.86. The summed E-state index contributed by atoms with van der Waals surface area (Å²) in [6.45, 7) is 1.77. The van der Waals surface area contributed by atoms with Gasteiger partial charge in [-0.3, -0.25) is 11.3 Å². The second-order valence-electron chi connectivity index (χ2n) is 5.58. The molecule has 1 heterocycles. The van der Waals surface area contributed by atoms with Crippen LogP contribution in [0.25, 0.3) is 10.8 Å². The molecule has 1 unspecified atom stereocenters. The molecule has 20 heavy (non-hydrogen) atoms. The first-order valence-corrected chi connectivity index (χ1v) is 7.40. The van der Waals surface area contributed by atoms with Gasteiger partial charge in [0.25, 0.3) is 0 Å². The highest BCUT2D eigenvalue weighted by atomic mass is 16.5. The highest BCUT2D eigenvalue weighted by Crippen LogP contribution is 2.31. The summed E-state index contributed by atoms with van der Waals surface area (Å²) in [5, 5.41) is 2.57. The molecular weight excluding hydrogens is 248 g/mol. The Morgan fingerprint density at radius 2 is 1.85 bits per heavy atom. The summed E-state index contributed by atoms with van der Waals surface area (Å²) in [7, 11) is 0. The van der Waals surface area contributed by atoms with Crippen molar-refractivity contribution in [2.75, 3.05) is 13.2 Å². The third-order valence-electron chi connectivity index (χ3n) is 4.31. The zero-order chi connectivity index (χ0) is 13.8. The molecule has 1 atom stereocenters. The second kappa shape index (κ2) is 6.35. The Labute approximate surface area is 120 Å². The number of fused-ring (bicyclic) bond motifs is 1. The minimum absolute atomic E-state index is 0.212. The summed E-state index contributed by atoms with van der Waals surface area (Å²) >= 11 is 0. The molecule has 1 saturated heterocycles. The number of hydrazine groups is 1. The summed E-state index contributed by atoms with van der Waals surface area (Å²) in [4.78, 5) is 0. The summed E-state index contributed by atoms with van der Waals surface area (Å²) in [5.41, 5.74) is 4.32.